The molecule has 0 aliphatic carbocycles. The van der Waals surface area contributed by atoms with Gasteiger partial charge in [0.15, 0.2) is 0 Å². The molecule has 1 aromatic carbocycles. The Morgan fingerprint density at radius 1 is 1.17 bits per heavy atom. The van der Waals surface area contributed by atoms with E-state index >= 15 is 0 Å². The molecule has 3 rings (SSSR count). The zero-order valence-corrected chi connectivity index (χ0v) is 13.5. The minimum absolute atomic E-state index is 0.120. The van der Waals surface area contributed by atoms with Gasteiger partial charge in [0.05, 0.1) is 4.92 Å². The predicted octanol–water partition coefficient (Wildman–Crippen LogP) is 3.01. The Balaban J connectivity index is 1.97. The lowest BCUT2D eigenvalue weighted by Gasteiger charge is -2.27. The lowest BCUT2D eigenvalue weighted by Crippen LogP contribution is -2.31. The number of nitrogens with one attached hydrogen (secondary N) is 1. The summed E-state index contributed by atoms with van der Waals surface area (Å²) in [6, 6.07) is 7.72. The second-order valence-corrected chi connectivity index (χ2v) is 5.90. The topological polar surface area (TPSA) is 110 Å². The summed E-state index contributed by atoms with van der Waals surface area (Å²) in [4.78, 5) is 21.2. The standard InChI is InChI=1S/C16H20N6O2/c1-11-5-7-12(8-6-11)18-16-19-14(17)13(22(23)24)15(20-16)21-9-3-2-4-10-21/h5-8H,2-4,9-10H2,1H3,(H3,17,18,19,20). The van der Waals surface area contributed by atoms with Crippen LogP contribution in [0, 0.1) is 17.0 Å². The smallest absolute Gasteiger partial charge is 0.353 e. The van der Waals surface area contributed by atoms with Gasteiger partial charge < -0.3 is 16.0 Å². The Kier molecular flexibility index (Phi) is 4.45. The van der Waals surface area contributed by atoms with Gasteiger partial charge >= 0.3 is 5.69 Å². The molecule has 126 valence electrons. The molecular formula is C16H20N6O2. The van der Waals surface area contributed by atoms with E-state index < -0.39 is 4.92 Å². The van der Waals surface area contributed by atoms with Crippen LogP contribution in [0.2, 0.25) is 0 Å². The van der Waals surface area contributed by atoms with Crippen LogP contribution >= 0.6 is 0 Å². The van der Waals surface area contributed by atoms with Crippen molar-refractivity contribution in [1.29, 1.82) is 0 Å². The molecule has 8 nitrogen and oxygen atoms in total. The molecule has 1 saturated heterocycles. The maximum atomic E-state index is 11.4. The molecule has 0 amide bonds. The number of nitrogens with two attached hydrogens (primary N) is 1. The Morgan fingerprint density at radius 3 is 2.46 bits per heavy atom. The fourth-order valence-electron chi connectivity index (χ4n) is 2.78. The molecule has 24 heavy (non-hydrogen) atoms. The number of nitrogen functional groups attached to an aromatic ring is 1. The molecule has 1 aromatic heterocycles. The van der Waals surface area contributed by atoms with E-state index in [0.717, 1.165) is 43.6 Å². The molecule has 1 aliphatic heterocycles. The molecule has 0 spiro atoms. The van der Waals surface area contributed by atoms with Crippen molar-refractivity contribution in [3.05, 3.63) is 39.9 Å². The SMILES string of the molecule is Cc1ccc(Nc2nc(N)c([N+](=O)[O-])c(N3CCCCC3)n2)cc1. The molecule has 0 bridgehead atoms. The number of benzene rings is 1. The van der Waals surface area contributed by atoms with Gasteiger partial charge in [-0.05, 0) is 38.3 Å². The van der Waals surface area contributed by atoms with Crippen molar-refractivity contribution in [2.75, 3.05) is 29.0 Å². The fourth-order valence-corrected chi connectivity index (χ4v) is 2.78. The molecule has 0 radical (unpaired) electrons. The number of piperidine rings is 1. The van der Waals surface area contributed by atoms with Gasteiger partial charge in [-0.25, -0.2) is 0 Å². The third-order valence-corrected chi connectivity index (χ3v) is 4.04. The van der Waals surface area contributed by atoms with Gasteiger partial charge in [-0.3, -0.25) is 10.1 Å². The molecule has 2 heterocycles. The lowest BCUT2D eigenvalue weighted by molar-refractivity contribution is -0.383. The quantitative estimate of drug-likeness (QED) is 0.655. The minimum Gasteiger partial charge on any atom is -0.378 e. The number of nitrogens with zero attached hydrogens (tertiary/aromatic N) is 4. The summed E-state index contributed by atoms with van der Waals surface area (Å²) in [5.74, 6) is 0.439. The molecular weight excluding hydrogens is 308 g/mol. The van der Waals surface area contributed by atoms with Gasteiger partial charge in [0.25, 0.3) is 0 Å². The van der Waals surface area contributed by atoms with Crippen LogP contribution in [0.3, 0.4) is 0 Å². The van der Waals surface area contributed by atoms with Gasteiger partial charge in [0, 0.05) is 18.8 Å². The summed E-state index contributed by atoms with van der Waals surface area (Å²) in [6.45, 7) is 3.47. The van der Waals surface area contributed by atoms with Gasteiger partial charge in [-0.1, -0.05) is 17.7 Å². The summed E-state index contributed by atoms with van der Waals surface area (Å²) in [7, 11) is 0. The summed E-state index contributed by atoms with van der Waals surface area (Å²) < 4.78 is 0. The van der Waals surface area contributed by atoms with E-state index in [-0.39, 0.29) is 17.5 Å². The van der Waals surface area contributed by atoms with E-state index in [1.165, 1.54) is 0 Å². The third-order valence-electron chi connectivity index (χ3n) is 4.04. The maximum absolute atomic E-state index is 11.4. The summed E-state index contributed by atoms with van der Waals surface area (Å²) in [5.41, 5.74) is 7.57. The third kappa shape index (κ3) is 3.37. The average molecular weight is 328 g/mol. The molecule has 0 atom stereocenters. The number of aromatic nitrogens is 2. The van der Waals surface area contributed by atoms with E-state index in [1.807, 2.05) is 36.1 Å². The first-order chi connectivity index (χ1) is 11.5. The Morgan fingerprint density at radius 2 is 1.83 bits per heavy atom. The van der Waals surface area contributed by atoms with E-state index in [4.69, 9.17) is 5.73 Å². The monoisotopic (exact) mass is 328 g/mol. The lowest BCUT2D eigenvalue weighted by atomic mass is 10.1. The van der Waals surface area contributed by atoms with Crippen LogP contribution in [0.4, 0.5) is 29.0 Å². The first-order valence-electron chi connectivity index (χ1n) is 7.95. The molecule has 0 saturated carbocycles. The Labute approximate surface area is 139 Å². The highest BCUT2D eigenvalue weighted by Crippen LogP contribution is 2.34. The average Bonchev–Trinajstić information content (AvgIpc) is 2.57. The maximum Gasteiger partial charge on any atom is 0.353 e. The van der Waals surface area contributed by atoms with Crippen LogP contribution in [-0.2, 0) is 0 Å². The number of hydrogen-bond acceptors (Lipinski definition) is 7. The van der Waals surface area contributed by atoms with Crippen LogP contribution in [0.25, 0.3) is 0 Å². The van der Waals surface area contributed by atoms with E-state index in [2.05, 4.69) is 15.3 Å². The van der Waals surface area contributed by atoms with Gasteiger partial charge in [-0.15, -0.1) is 0 Å². The number of nitro groups is 1. The first kappa shape index (κ1) is 16.0. The highest BCUT2D eigenvalue weighted by Gasteiger charge is 2.28. The number of anilines is 4. The molecule has 3 N–H and O–H groups in total. The molecule has 8 heteroatoms. The van der Waals surface area contributed by atoms with Crippen molar-refractivity contribution in [2.24, 2.45) is 0 Å². The minimum atomic E-state index is -0.505. The summed E-state index contributed by atoms with van der Waals surface area (Å²) >= 11 is 0. The predicted molar refractivity (Wildman–Crippen MR) is 93.6 cm³/mol. The van der Waals surface area contributed by atoms with E-state index in [0.29, 0.717) is 5.82 Å². The van der Waals surface area contributed by atoms with Gasteiger partial charge in [0.2, 0.25) is 17.6 Å². The molecule has 0 unspecified atom stereocenters. The van der Waals surface area contributed by atoms with Crippen molar-refractivity contribution in [2.45, 2.75) is 26.2 Å². The van der Waals surface area contributed by atoms with Gasteiger partial charge in [0.1, 0.15) is 0 Å². The largest absolute Gasteiger partial charge is 0.378 e. The molecule has 2 aromatic rings. The highest BCUT2D eigenvalue weighted by atomic mass is 16.6. The second-order valence-electron chi connectivity index (χ2n) is 5.90. The zero-order chi connectivity index (χ0) is 17.1. The van der Waals surface area contributed by atoms with E-state index in [1.54, 1.807) is 0 Å². The second kappa shape index (κ2) is 6.69. The Hall–Kier alpha value is -2.90. The highest BCUT2D eigenvalue weighted by molar-refractivity contribution is 5.72. The van der Waals surface area contributed by atoms with Crippen molar-refractivity contribution in [1.82, 2.24) is 9.97 Å². The number of aryl methyl sites for hydroxylation is 1. The van der Waals surface area contributed by atoms with Crippen molar-refractivity contribution < 1.29 is 4.92 Å². The molecule has 1 fully saturated rings. The van der Waals surface area contributed by atoms with Crippen LogP contribution in [0.1, 0.15) is 24.8 Å². The van der Waals surface area contributed by atoms with Crippen LogP contribution in [0.5, 0.6) is 0 Å². The van der Waals surface area contributed by atoms with E-state index in [9.17, 15) is 10.1 Å². The van der Waals surface area contributed by atoms with Crippen molar-refractivity contribution in [3.8, 4) is 0 Å². The normalized spacial score (nSPS) is 14.5. The Bertz CT molecular complexity index is 741. The zero-order valence-electron chi connectivity index (χ0n) is 13.5. The molecule has 1 aliphatic rings. The van der Waals surface area contributed by atoms with Gasteiger partial charge in [-0.2, -0.15) is 9.97 Å². The number of rotatable bonds is 4. The fraction of sp³-hybridized carbons (Fsp3) is 0.375. The first-order valence-corrected chi connectivity index (χ1v) is 7.95. The van der Waals surface area contributed by atoms with Crippen LogP contribution in [0.15, 0.2) is 24.3 Å². The van der Waals surface area contributed by atoms with Crippen molar-refractivity contribution in [3.63, 3.8) is 0 Å². The van der Waals surface area contributed by atoms with Crippen LogP contribution < -0.4 is 16.0 Å². The number of hydrogen-bond donors (Lipinski definition) is 2. The van der Waals surface area contributed by atoms with Crippen LogP contribution in [-0.4, -0.2) is 28.0 Å². The summed E-state index contributed by atoms with van der Waals surface area (Å²) in [5, 5.41) is 14.5. The van der Waals surface area contributed by atoms with Crippen molar-refractivity contribution >= 4 is 29.0 Å². The summed E-state index contributed by atoms with van der Waals surface area (Å²) in [6.07, 6.45) is 3.10.